The number of aromatic nitrogens is 1. The lowest BCUT2D eigenvalue weighted by Crippen LogP contribution is -2.19. The van der Waals surface area contributed by atoms with Crippen molar-refractivity contribution in [2.75, 3.05) is 6.61 Å². The lowest BCUT2D eigenvalue weighted by Gasteiger charge is -2.15. The zero-order chi connectivity index (χ0) is 12.5. The highest BCUT2D eigenvalue weighted by molar-refractivity contribution is 5.30. The molecule has 0 spiro atoms. The number of hydrogen-bond donors (Lipinski definition) is 1. The topological polar surface area (TPSA) is 25.2 Å². The smallest absolute Gasteiger partial charge is 0.297 e. The largest absolute Gasteiger partial charge is 0.390 e. The van der Waals surface area contributed by atoms with E-state index in [1.807, 2.05) is 25.3 Å². The van der Waals surface area contributed by atoms with Gasteiger partial charge in [-0.1, -0.05) is 13.8 Å². The van der Waals surface area contributed by atoms with E-state index in [1.54, 1.807) is 6.92 Å². The van der Waals surface area contributed by atoms with Crippen LogP contribution in [0.25, 0.3) is 0 Å². The van der Waals surface area contributed by atoms with Crippen LogP contribution >= 0.6 is 0 Å². The van der Waals surface area contributed by atoms with Crippen LogP contribution in [0.5, 0.6) is 0 Å². The Morgan fingerprint density at radius 1 is 1.38 bits per heavy atom. The third-order valence-corrected chi connectivity index (χ3v) is 2.71. The minimum atomic E-state index is -3.14. The van der Waals surface area contributed by atoms with Crippen LogP contribution in [-0.4, -0.2) is 16.3 Å². The summed E-state index contributed by atoms with van der Waals surface area (Å²) in [4.78, 5) is 0. The third kappa shape index (κ3) is 2.43. The Hall–Kier alpha value is -0.900. The highest BCUT2D eigenvalue weighted by atomic mass is 19.3. The molecular formula is C12H19F2NO. The molecule has 0 aromatic carbocycles. The average Bonchev–Trinajstić information content (AvgIpc) is 2.46. The van der Waals surface area contributed by atoms with E-state index in [0.717, 1.165) is 12.2 Å². The van der Waals surface area contributed by atoms with Crippen molar-refractivity contribution in [3.8, 4) is 0 Å². The van der Waals surface area contributed by atoms with Crippen molar-refractivity contribution in [3.63, 3.8) is 0 Å². The van der Waals surface area contributed by atoms with E-state index in [-0.39, 0.29) is 5.56 Å². The zero-order valence-corrected chi connectivity index (χ0v) is 10.2. The van der Waals surface area contributed by atoms with Gasteiger partial charge in [-0.25, -0.2) is 0 Å². The summed E-state index contributed by atoms with van der Waals surface area (Å²) in [7, 11) is 0. The zero-order valence-electron chi connectivity index (χ0n) is 10.2. The van der Waals surface area contributed by atoms with Crippen molar-refractivity contribution < 1.29 is 13.9 Å². The van der Waals surface area contributed by atoms with Crippen molar-refractivity contribution in [1.82, 2.24) is 4.57 Å². The number of alkyl halides is 2. The molecule has 4 heteroatoms. The van der Waals surface area contributed by atoms with Gasteiger partial charge in [-0.2, -0.15) is 8.78 Å². The summed E-state index contributed by atoms with van der Waals surface area (Å²) < 4.78 is 28.7. The minimum Gasteiger partial charge on any atom is -0.390 e. The normalized spacial score (nSPS) is 12.5. The molecule has 0 saturated heterocycles. The molecule has 1 aromatic heterocycles. The van der Waals surface area contributed by atoms with Crippen LogP contribution in [0.15, 0.2) is 6.07 Å². The standard InChI is InChI=1S/C12H19F2NO/c1-8(2)6-15-9(3)5-11(10(15)4)12(13,14)7-16/h5,8,16H,6-7H2,1-4H3. The number of nitrogens with zero attached hydrogens (tertiary/aromatic N) is 1. The first kappa shape index (κ1) is 13.2. The molecule has 0 fully saturated rings. The Labute approximate surface area is 94.9 Å². The number of hydrogen-bond acceptors (Lipinski definition) is 1. The van der Waals surface area contributed by atoms with Gasteiger partial charge in [0, 0.05) is 23.5 Å². The Bertz CT molecular complexity index is 369. The van der Waals surface area contributed by atoms with Crippen LogP contribution < -0.4 is 0 Å². The lowest BCUT2D eigenvalue weighted by atomic mass is 10.1. The number of aryl methyl sites for hydroxylation is 1. The van der Waals surface area contributed by atoms with Gasteiger partial charge in [0.15, 0.2) is 0 Å². The Kier molecular flexibility index (Phi) is 3.73. The second-order valence-corrected chi connectivity index (χ2v) is 4.65. The third-order valence-electron chi connectivity index (χ3n) is 2.71. The SMILES string of the molecule is Cc1cc(C(F)(F)CO)c(C)n1CC(C)C. The summed E-state index contributed by atoms with van der Waals surface area (Å²) in [6.45, 7) is 7.16. The van der Waals surface area contributed by atoms with E-state index < -0.39 is 12.5 Å². The fourth-order valence-corrected chi connectivity index (χ4v) is 1.90. The Balaban J connectivity index is 3.16. The van der Waals surface area contributed by atoms with Gasteiger partial charge in [-0.05, 0) is 25.8 Å². The maximum atomic E-state index is 13.4. The first-order chi connectivity index (χ1) is 7.29. The number of halogens is 2. The number of rotatable bonds is 4. The van der Waals surface area contributed by atoms with Gasteiger partial charge in [0.2, 0.25) is 0 Å². The maximum absolute atomic E-state index is 13.4. The molecular weight excluding hydrogens is 212 g/mol. The van der Waals surface area contributed by atoms with E-state index in [0.29, 0.717) is 11.6 Å². The van der Waals surface area contributed by atoms with Crippen LogP contribution in [0.1, 0.15) is 30.8 Å². The predicted octanol–water partition coefficient (Wildman–Crippen LogP) is 2.85. The Morgan fingerprint density at radius 3 is 2.38 bits per heavy atom. The summed E-state index contributed by atoms with van der Waals surface area (Å²) in [5.41, 5.74) is 1.30. The molecule has 0 atom stereocenters. The quantitative estimate of drug-likeness (QED) is 0.847. The summed E-state index contributed by atoms with van der Waals surface area (Å²) in [6.07, 6.45) is 0. The molecule has 1 aromatic rings. The van der Waals surface area contributed by atoms with Gasteiger partial charge < -0.3 is 9.67 Å². The van der Waals surface area contributed by atoms with Gasteiger partial charge in [-0.3, -0.25) is 0 Å². The van der Waals surface area contributed by atoms with Crippen LogP contribution in [-0.2, 0) is 12.5 Å². The van der Waals surface area contributed by atoms with Crippen molar-refractivity contribution in [2.45, 2.75) is 40.2 Å². The monoisotopic (exact) mass is 231 g/mol. The summed E-state index contributed by atoms with van der Waals surface area (Å²) in [5.74, 6) is -2.74. The molecule has 2 nitrogen and oxygen atoms in total. The van der Waals surface area contributed by atoms with Gasteiger partial charge >= 0.3 is 0 Å². The summed E-state index contributed by atoms with van der Waals surface area (Å²) >= 11 is 0. The van der Waals surface area contributed by atoms with Gasteiger partial charge in [-0.15, -0.1) is 0 Å². The molecule has 1 N–H and O–H groups in total. The first-order valence-electron chi connectivity index (χ1n) is 5.45. The second kappa shape index (κ2) is 4.53. The number of aliphatic hydroxyl groups excluding tert-OH is 1. The fraction of sp³-hybridized carbons (Fsp3) is 0.667. The van der Waals surface area contributed by atoms with Crippen molar-refractivity contribution in [3.05, 3.63) is 23.0 Å². The van der Waals surface area contributed by atoms with Crippen LogP contribution in [0.2, 0.25) is 0 Å². The van der Waals surface area contributed by atoms with Gasteiger partial charge in [0.05, 0.1) is 0 Å². The highest BCUT2D eigenvalue weighted by Crippen LogP contribution is 2.32. The van der Waals surface area contributed by atoms with Crippen molar-refractivity contribution >= 4 is 0 Å². The molecule has 0 saturated carbocycles. The second-order valence-electron chi connectivity index (χ2n) is 4.65. The average molecular weight is 231 g/mol. The van der Waals surface area contributed by atoms with Crippen LogP contribution in [0.3, 0.4) is 0 Å². The summed E-state index contributed by atoms with van der Waals surface area (Å²) in [5, 5.41) is 8.69. The molecule has 0 aliphatic rings. The predicted molar refractivity (Wildman–Crippen MR) is 59.7 cm³/mol. The van der Waals surface area contributed by atoms with Gasteiger partial charge in [0.1, 0.15) is 6.61 Å². The fourth-order valence-electron chi connectivity index (χ4n) is 1.90. The first-order valence-corrected chi connectivity index (χ1v) is 5.45. The van der Waals surface area contributed by atoms with Gasteiger partial charge in [0.25, 0.3) is 5.92 Å². The van der Waals surface area contributed by atoms with E-state index in [2.05, 4.69) is 0 Å². The highest BCUT2D eigenvalue weighted by Gasteiger charge is 2.34. The lowest BCUT2D eigenvalue weighted by molar-refractivity contribution is -0.0561. The van der Waals surface area contributed by atoms with Crippen LogP contribution in [0, 0.1) is 19.8 Å². The number of aliphatic hydroxyl groups is 1. The van der Waals surface area contributed by atoms with Crippen molar-refractivity contribution in [2.24, 2.45) is 5.92 Å². The molecule has 0 radical (unpaired) electrons. The molecule has 0 unspecified atom stereocenters. The van der Waals surface area contributed by atoms with E-state index in [9.17, 15) is 8.78 Å². The molecule has 92 valence electrons. The molecule has 0 amide bonds. The van der Waals surface area contributed by atoms with Crippen molar-refractivity contribution in [1.29, 1.82) is 0 Å². The molecule has 1 heterocycles. The van der Waals surface area contributed by atoms with E-state index in [1.165, 1.54) is 6.07 Å². The molecule has 1 rings (SSSR count). The van der Waals surface area contributed by atoms with Crippen LogP contribution in [0.4, 0.5) is 8.78 Å². The molecule has 0 aliphatic heterocycles. The molecule has 0 aliphatic carbocycles. The maximum Gasteiger partial charge on any atom is 0.297 e. The van der Waals surface area contributed by atoms with E-state index in [4.69, 9.17) is 5.11 Å². The molecule has 16 heavy (non-hydrogen) atoms. The molecule has 0 bridgehead atoms. The summed E-state index contributed by atoms with van der Waals surface area (Å²) in [6, 6.07) is 1.47. The minimum absolute atomic E-state index is 0.0619. The van der Waals surface area contributed by atoms with E-state index >= 15 is 0 Å². The Morgan fingerprint density at radius 2 is 1.94 bits per heavy atom.